The van der Waals surface area contributed by atoms with E-state index in [1.807, 2.05) is 16.9 Å². The van der Waals surface area contributed by atoms with Gasteiger partial charge in [-0.2, -0.15) is 5.10 Å². The van der Waals surface area contributed by atoms with Crippen LogP contribution in [0.3, 0.4) is 0 Å². The summed E-state index contributed by atoms with van der Waals surface area (Å²) in [6.45, 7) is 4.87. The number of methoxy groups -OCH3 is 1. The smallest absolute Gasteiger partial charge is 0.0650 e. The van der Waals surface area contributed by atoms with Crippen LogP contribution in [0.5, 0.6) is 0 Å². The van der Waals surface area contributed by atoms with Gasteiger partial charge in [-0.05, 0) is 25.8 Å². The van der Waals surface area contributed by atoms with Crippen molar-refractivity contribution in [3.8, 4) is 0 Å². The molecule has 1 heterocycles. The van der Waals surface area contributed by atoms with Gasteiger partial charge in [0.1, 0.15) is 0 Å². The zero-order valence-electron chi connectivity index (χ0n) is 10.4. The summed E-state index contributed by atoms with van der Waals surface area (Å²) in [6, 6.07) is 2.40. The maximum atomic E-state index is 9.71. The van der Waals surface area contributed by atoms with E-state index in [4.69, 9.17) is 4.74 Å². The van der Waals surface area contributed by atoms with Crippen molar-refractivity contribution in [2.75, 3.05) is 13.7 Å². The molecule has 0 bridgehead atoms. The van der Waals surface area contributed by atoms with Crippen LogP contribution in [0.25, 0.3) is 0 Å². The van der Waals surface area contributed by atoms with E-state index in [9.17, 15) is 5.11 Å². The first-order valence-electron chi connectivity index (χ1n) is 5.88. The molecule has 1 N–H and O–H groups in total. The number of aliphatic hydroxyl groups is 1. The minimum atomic E-state index is -0.361. The normalized spacial score (nSPS) is 15.0. The lowest BCUT2D eigenvalue weighted by Crippen LogP contribution is -2.14. The van der Waals surface area contributed by atoms with E-state index < -0.39 is 0 Å². The highest BCUT2D eigenvalue weighted by molar-refractivity contribution is 5.01. The van der Waals surface area contributed by atoms with Crippen molar-refractivity contribution >= 4 is 0 Å². The van der Waals surface area contributed by atoms with Gasteiger partial charge in [-0.15, -0.1) is 0 Å². The topological polar surface area (TPSA) is 47.3 Å². The summed E-state index contributed by atoms with van der Waals surface area (Å²) in [7, 11) is 1.64. The van der Waals surface area contributed by atoms with Crippen LogP contribution in [0.4, 0.5) is 0 Å². The van der Waals surface area contributed by atoms with Crippen LogP contribution >= 0.6 is 0 Å². The molecule has 0 aliphatic heterocycles. The highest BCUT2D eigenvalue weighted by Crippen LogP contribution is 2.10. The van der Waals surface area contributed by atoms with Crippen molar-refractivity contribution in [2.45, 2.75) is 45.3 Å². The Morgan fingerprint density at radius 1 is 1.56 bits per heavy atom. The molecule has 92 valence electrons. The summed E-state index contributed by atoms with van der Waals surface area (Å²) < 4.78 is 6.88. The molecule has 0 saturated heterocycles. The van der Waals surface area contributed by atoms with Gasteiger partial charge < -0.3 is 9.84 Å². The first-order chi connectivity index (χ1) is 7.67. The third kappa shape index (κ3) is 3.94. The zero-order valence-corrected chi connectivity index (χ0v) is 10.4. The molecule has 1 aromatic rings. The van der Waals surface area contributed by atoms with Crippen molar-refractivity contribution in [1.82, 2.24) is 9.78 Å². The van der Waals surface area contributed by atoms with Gasteiger partial charge >= 0.3 is 0 Å². The summed E-state index contributed by atoms with van der Waals surface area (Å²) in [6.07, 6.45) is 3.94. The Morgan fingerprint density at radius 3 is 2.94 bits per heavy atom. The first kappa shape index (κ1) is 13.2. The molecule has 1 aromatic heterocycles. The lowest BCUT2D eigenvalue weighted by Gasteiger charge is -2.09. The molecule has 0 radical (unpaired) electrons. The molecule has 0 fully saturated rings. The van der Waals surface area contributed by atoms with Gasteiger partial charge in [-0.25, -0.2) is 0 Å². The molecular weight excluding hydrogens is 204 g/mol. The number of nitrogens with zero attached hydrogens (tertiary/aromatic N) is 2. The fourth-order valence-corrected chi connectivity index (χ4v) is 1.52. The SMILES string of the molecule is CCC(C)n1ccc(CC(O)CCOC)n1. The number of hydrogen-bond acceptors (Lipinski definition) is 3. The van der Waals surface area contributed by atoms with Crippen molar-refractivity contribution < 1.29 is 9.84 Å². The van der Waals surface area contributed by atoms with E-state index in [1.54, 1.807) is 7.11 Å². The van der Waals surface area contributed by atoms with Gasteiger partial charge in [-0.3, -0.25) is 4.68 Å². The molecule has 0 aliphatic rings. The van der Waals surface area contributed by atoms with Crippen molar-refractivity contribution in [1.29, 1.82) is 0 Å². The fourth-order valence-electron chi connectivity index (χ4n) is 1.52. The van der Waals surface area contributed by atoms with Crippen LogP contribution < -0.4 is 0 Å². The maximum Gasteiger partial charge on any atom is 0.0650 e. The van der Waals surface area contributed by atoms with Crippen molar-refractivity contribution in [3.63, 3.8) is 0 Å². The molecule has 0 spiro atoms. The van der Waals surface area contributed by atoms with E-state index >= 15 is 0 Å². The molecule has 4 nitrogen and oxygen atoms in total. The van der Waals surface area contributed by atoms with Gasteiger partial charge in [0.15, 0.2) is 0 Å². The van der Waals surface area contributed by atoms with Gasteiger partial charge in [0.2, 0.25) is 0 Å². The number of hydrogen-bond donors (Lipinski definition) is 1. The highest BCUT2D eigenvalue weighted by Gasteiger charge is 2.09. The van der Waals surface area contributed by atoms with E-state index in [-0.39, 0.29) is 6.10 Å². The minimum Gasteiger partial charge on any atom is -0.393 e. The van der Waals surface area contributed by atoms with Crippen molar-refractivity contribution in [2.24, 2.45) is 0 Å². The second-order valence-electron chi connectivity index (χ2n) is 4.18. The monoisotopic (exact) mass is 226 g/mol. The number of ether oxygens (including phenoxy) is 1. The summed E-state index contributed by atoms with van der Waals surface area (Å²) >= 11 is 0. The molecule has 0 aromatic carbocycles. The quantitative estimate of drug-likeness (QED) is 0.771. The highest BCUT2D eigenvalue weighted by atomic mass is 16.5. The van der Waals surface area contributed by atoms with Crippen LogP contribution in [0.15, 0.2) is 12.3 Å². The van der Waals surface area contributed by atoms with Gasteiger partial charge in [0.05, 0.1) is 11.8 Å². The van der Waals surface area contributed by atoms with E-state index in [0.717, 1.165) is 12.1 Å². The second-order valence-corrected chi connectivity index (χ2v) is 4.18. The first-order valence-corrected chi connectivity index (χ1v) is 5.88. The third-order valence-corrected chi connectivity index (χ3v) is 2.81. The molecule has 0 aliphatic carbocycles. The zero-order chi connectivity index (χ0) is 12.0. The van der Waals surface area contributed by atoms with Gasteiger partial charge in [0.25, 0.3) is 0 Å². The van der Waals surface area contributed by atoms with Crippen LogP contribution in [0, 0.1) is 0 Å². The van der Waals surface area contributed by atoms with Gasteiger partial charge in [-0.1, -0.05) is 6.92 Å². The number of aliphatic hydroxyl groups excluding tert-OH is 1. The Balaban J connectivity index is 2.45. The molecule has 2 atom stereocenters. The maximum absolute atomic E-state index is 9.71. The summed E-state index contributed by atoms with van der Waals surface area (Å²) in [5.74, 6) is 0. The average Bonchev–Trinajstić information content (AvgIpc) is 2.73. The summed E-state index contributed by atoms with van der Waals surface area (Å²) in [5, 5.41) is 14.2. The van der Waals surface area contributed by atoms with Crippen LogP contribution in [-0.2, 0) is 11.2 Å². The predicted molar refractivity (Wildman–Crippen MR) is 63.4 cm³/mol. The summed E-state index contributed by atoms with van der Waals surface area (Å²) in [5.41, 5.74) is 0.948. The average molecular weight is 226 g/mol. The Labute approximate surface area is 97.2 Å². The van der Waals surface area contributed by atoms with E-state index in [0.29, 0.717) is 25.5 Å². The Kier molecular flexibility index (Phi) is 5.49. The second kappa shape index (κ2) is 6.66. The molecule has 1 rings (SSSR count). The molecular formula is C12H22N2O2. The lowest BCUT2D eigenvalue weighted by atomic mass is 10.1. The van der Waals surface area contributed by atoms with Gasteiger partial charge in [0, 0.05) is 32.4 Å². The molecule has 4 heteroatoms. The Morgan fingerprint density at radius 2 is 2.31 bits per heavy atom. The van der Waals surface area contributed by atoms with Crippen molar-refractivity contribution in [3.05, 3.63) is 18.0 Å². The van der Waals surface area contributed by atoms with E-state index in [2.05, 4.69) is 18.9 Å². The number of rotatable bonds is 7. The molecule has 16 heavy (non-hydrogen) atoms. The van der Waals surface area contributed by atoms with E-state index in [1.165, 1.54) is 0 Å². The Bertz CT molecular complexity index is 299. The number of aromatic nitrogens is 2. The largest absolute Gasteiger partial charge is 0.393 e. The fraction of sp³-hybridized carbons (Fsp3) is 0.750. The van der Waals surface area contributed by atoms with Crippen LogP contribution in [0.2, 0.25) is 0 Å². The predicted octanol–water partition coefficient (Wildman–Crippen LogP) is 1.79. The third-order valence-electron chi connectivity index (χ3n) is 2.81. The minimum absolute atomic E-state index is 0.361. The standard InChI is InChI=1S/C12H22N2O2/c1-4-10(2)14-7-5-11(13-14)9-12(15)6-8-16-3/h5,7,10,12,15H,4,6,8-9H2,1-3H3. The lowest BCUT2D eigenvalue weighted by molar-refractivity contribution is 0.109. The molecule has 0 amide bonds. The molecule has 0 saturated carbocycles. The summed E-state index contributed by atoms with van der Waals surface area (Å²) in [4.78, 5) is 0. The van der Waals surface area contributed by atoms with Crippen LogP contribution in [0.1, 0.15) is 38.4 Å². The molecule has 2 unspecified atom stereocenters. The Hall–Kier alpha value is -0.870. The van der Waals surface area contributed by atoms with Crippen LogP contribution in [-0.4, -0.2) is 34.7 Å².